The number of fused-ring (bicyclic) bond motifs is 4. The number of carbonyl (C=O) groups is 1. The minimum Gasteiger partial charge on any atom is -0.508 e. The summed E-state index contributed by atoms with van der Waals surface area (Å²) in [5.41, 5.74) is 4.77. The van der Waals surface area contributed by atoms with Gasteiger partial charge in [-0.3, -0.25) is 4.79 Å². The van der Waals surface area contributed by atoms with E-state index in [0.717, 1.165) is 34.4 Å². The summed E-state index contributed by atoms with van der Waals surface area (Å²) in [5, 5.41) is 16.4. The zero-order chi connectivity index (χ0) is 19.5. The Hall–Kier alpha value is -3.07. The normalized spacial score (nSPS) is 20.5. The van der Waals surface area contributed by atoms with Crippen LogP contribution in [0.5, 0.6) is 5.75 Å². The van der Waals surface area contributed by atoms with Gasteiger partial charge in [0, 0.05) is 28.8 Å². The van der Waals surface area contributed by atoms with Gasteiger partial charge in [-0.15, -0.1) is 0 Å². The van der Waals surface area contributed by atoms with E-state index in [2.05, 4.69) is 43.4 Å². The number of carbonyl (C=O) groups excluding carboxylic acids is 1. The van der Waals surface area contributed by atoms with Gasteiger partial charge in [0.15, 0.2) is 5.78 Å². The van der Waals surface area contributed by atoms with Crippen molar-refractivity contribution < 1.29 is 9.90 Å². The molecule has 0 radical (unpaired) electrons. The Morgan fingerprint density at radius 1 is 0.964 bits per heavy atom. The highest BCUT2D eigenvalue weighted by Crippen LogP contribution is 2.52. The molecule has 3 aromatic carbocycles. The molecule has 5 rings (SSSR count). The van der Waals surface area contributed by atoms with Crippen molar-refractivity contribution in [3.8, 4) is 5.75 Å². The second-order valence-corrected chi connectivity index (χ2v) is 8.68. The molecule has 0 amide bonds. The lowest BCUT2D eigenvalue weighted by molar-refractivity contribution is -0.118. The second-order valence-electron chi connectivity index (χ2n) is 8.68. The van der Waals surface area contributed by atoms with Gasteiger partial charge < -0.3 is 10.4 Å². The molecule has 3 aromatic rings. The maximum Gasteiger partial charge on any atom is 0.162 e. The van der Waals surface area contributed by atoms with Crippen LogP contribution in [0.25, 0.3) is 16.3 Å². The van der Waals surface area contributed by atoms with E-state index >= 15 is 0 Å². The number of ketones is 1. The Morgan fingerprint density at radius 2 is 1.71 bits per heavy atom. The number of aromatic hydroxyl groups is 1. The van der Waals surface area contributed by atoms with Crippen LogP contribution in [0.15, 0.2) is 66.2 Å². The number of benzene rings is 3. The molecule has 140 valence electrons. The predicted octanol–water partition coefficient (Wildman–Crippen LogP) is 5.85. The Balaban J connectivity index is 1.83. The first kappa shape index (κ1) is 17.1. The summed E-state index contributed by atoms with van der Waals surface area (Å²) in [5.74, 6) is 0.388. The molecule has 2 N–H and O–H groups in total. The molecule has 1 atom stereocenters. The minimum atomic E-state index is -0.325. The topological polar surface area (TPSA) is 49.3 Å². The molecule has 0 unspecified atom stereocenters. The van der Waals surface area contributed by atoms with Gasteiger partial charge in [0.25, 0.3) is 0 Å². The third-order valence-electron chi connectivity index (χ3n) is 5.99. The first-order valence-electron chi connectivity index (χ1n) is 9.77. The predicted molar refractivity (Wildman–Crippen MR) is 113 cm³/mol. The van der Waals surface area contributed by atoms with E-state index in [4.69, 9.17) is 0 Å². The molecule has 0 aromatic heterocycles. The summed E-state index contributed by atoms with van der Waals surface area (Å²) < 4.78 is 0. The number of Topliss-reactive ketones (excluding diaryl/α,β-unsaturated/α-hetero) is 1. The van der Waals surface area contributed by atoms with Gasteiger partial charge in [-0.1, -0.05) is 62.4 Å². The summed E-state index contributed by atoms with van der Waals surface area (Å²) in [4.78, 5) is 13.3. The molecule has 1 heterocycles. The molecule has 0 bridgehead atoms. The molecule has 1 aliphatic carbocycles. The van der Waals surface area contributed by atoms with Gasteiger partial charge in [0.1, 0.15) is 5.75 Å². The van der Waals surface area contributed by atoms with Gasteiger partial charge in [-0.05, 0) is 40.3 Å². The fourth-order valence-corrected chi connectivity index (χ4v) is 4.80. The molecule has 3 nitrogen and oxygen atoms in total. The van der Waals surface area contributed by atoms with Crippen LogP contribution in [0.3, 0.4) is 0 Å². The Morgan fingerprint density at radius 3 is 2.54 bits per heavy atom. The Kier molecular flexibility index (Phi) is 3.63. The number of anilines is 1. The molecular formula is C25H23NO2. The standard InChI is InChI=1S/C25H23NO2/c1-25(2)13-18-22-16-8-4-3-7-15(16)11-12-19(22)26-24(23(18)21(28)14-25)17-9-5-6-10-20(17)27/h3-12,24,26-27H,13-14H2,1-2H3/t24-/m0/s1. The second kappa shape index (κ2) is 5.96. The number of para-hydroxylation sites is 1. The highest BCUT2D eigenvalue weighted by molar-refractivity contribution is 6.12. The van der Waals surface area contributed by atoms with Crippen LogP contribution in [0.2, 0.25) is 0 Å². The molecular weight excluding hydrogens is 346 g/mol. The van der Waals surface area contributed by atoms with Gasteiger partial charge in [-0.2, -0.15) is 0 Å². The monoisotopic (exact) mass is 369 g/mol. The molecule has 0 saturated carbocycles. The zero-order valence-corrected chi connectivity index (χ0v) is 16.1. The van der Waals surface area contributed by atoms with Crippen LogP contribution < -0.4 is 5.32 Å². The number of rotatable bonds is 1. The zero-order valence-electron chi connectivity index (χ0n) is 16.1. The fourth-order valence-electron chi connectivity index (χ4n) is 4.80. The average Bonchev–Trinajstić information content (AvgIpc) is 2.66. The molecule has 2 aliphatic rings. The number of allylic oxidation sites excluding steroid dienone is 1. The molecule has 1 aliphatic heterocycles. The van der Waals surface area contributed by atoms with E-state index in [1.807, 2.05) is 30.3 Å². The van der Waals surface area contributed by atoms with Crippen molar-refractivity contribution in [3.05, 3.63) is 77.4 Å². The first-order valence-corrected chi connectivity index (χ1v) is 9.77. The lowest BCUT2D eigenvalue weighted by atomic mass is 9.68. The van der Waals surface area contributed by atoms with E-state index in [9.17, 15) is 9.90 Å². The maximum absolute atomic E-state index is 13.3. The number of hydrogen-bond acceptors (Lipinski definition) is 3. The van der Waals surface area contributed by atoms with Crippen LogP contribution >= 0.6 is 0 Å². The quantitative estimate of drug-likeness (QED) is 0.565. The third-order valence-corrected chi connectivity index (χ3v) is 5.99. The first-order chi connectivity index (χ1) is 13.4. The summed E-state index contributed by atoms with van der Waals surface area (Å²) >= 11 is 0. The van der Waals surface area contributed by atoms with E-state index in [1.165, 1.54) is 10.8 Å². The fraction of sp³-hybridized carbons (Fsp3) is 0.240. The van der Waals surface area contributed by atoms with Crippen molar-refractivity contribution in [1.29, 1.82) is 0 Å². The van der Waals surface area contributed by atoms with Crippen molar-refractivity contribution in [2.45, 2.75) is 32.7 Å². The lowest BCUT2D eigenvalue weighted by Gasteiger charge is -2.40. The number of phenols is 1. The smallest absolute Gasteiger partial charge is 0.162 e. The highest BCUT2D eigenvalue weighted by Gasteiger charge is 2.41. The van der Waals surface area contributed by atoms with Crippen LogP contribution in [-0.4, -0.2) is 10.9 Å². The van der Waals surface area contributed by atoms with E-state index in [0.29, 0.717) is 6.42 Å². The third kappa shape index (κ3) is 2.54. The SMILES string of the molecule is CC1(C)CC(=O)C2=C(C1)c1c(ccc3ccccc13)N[C@H]2c1ccccc1O. The van der Waals surface area contributed by atoms with Crippen LogP contribution in [0.1, 0.15) is 43.9 Å². The van der Waals surface area contributed by atoms with Crippen molar-refractivity contribution in [3.63, 3.8) is 0 Å². The van der Waals surface area contributed by atoms with Crippen LogP contribution in [0.4, 0.5) is 5.69 Å². The number of hydrogen-bond donors (Lipinski definition) is 2. The van der Waals surface area contributed by atoms with Crippen LogP contribution in [-0.2, 0) is 4.79 Å². The van der Waals surface area contributed by atoms with Crippen molar-refractivity contribution >= 4 is 27.8 Å². The summed E-state index contributed by atoms with van der Waals surface area (Å²) in [6, 6.07) is 19.5. The average molecular weight is 369 g/mol. The molecule has 0 fully saturated rings. The molecule has 0 spiro atoms. The van der Waals surface area contributed by atoms with Gasteiger partial charge in [0.2, 0.25) is 0 Å². The number of phenolic OH excluding ortho intramolecular Hbond substituents is 1. The maximum atomic E-state index is 13.3. The number of nitrogens with one attached hydrogen (secondary N) is 1. The molecule has 28 heavy (non-hydrogen) atoms. The van der Waals surface area contributed by atoms with Gasteiger partial charge in [-0.25, -0.2) is 0 Å². The summed E-state index contributed by atoms with van der Waals surface area (Å²) in [6.45, 7) is 4.33. The Bertz CT molecular complexity index is 1160. The van der Waals surface area contributed by atoms with E-state index in [-0.39, 0.29) is 23.0 Å². The highest BCUT2D eigenvalue weighted by atomic mass is 16.3. The lowest BCUT2D eigenvalue weighted by Crippen LogP contribution is -2.33. The summed E-state index contributed by atoms with van der Waals surface area (Å²) in [6.07, 6.45) is 1.37. The van der Waals surface area contributed by atoms with Gasteiger partial charge in [0.05, 0.1) is 6.04 Å². The minimum absolute atomic E-state index is 0.0786. The van der Waals surface area contributed by atoms with Crippen molar-refractivity contribution in [2.24, 2.45) is 5.41 Å². The summed E-state index contributed by atoms with van der Waals surface area (Å²) in [7, 11) is 0. The van der Waals surface area contributed by atoms with Crippen molar-refractivity contribution in [1.82, 2.24) is 0 Å². The molecule has 3 heteroatoms. The Labute approximate surface area is 164 Å². The largest absolute Gasteiger partial charge is 0.508 e. The van der Waals surface area contributed by atoms with Crippen molar-refractivity contribution in [2.75, 3.05) is 5.32 Å². The van der Waals surface area contributed by atoms with E-state index < -0.39 is 0 Å². The van der Waals surface area contributed by atoms with Gasteiger partial charge >= 0.3 is 0 Å². The van der Waals surface area contributed by atoms with Crippen LogP contribution in [0, 0.1) is 5.41 Å². The molecule has 0 saturated heterocycles. The van der Waals surface area contributed by atoms with E-state index in [1.54, 1.807) is 6.07 Å².